The van der Waals surface area contributed by atoms with Gasteiger partial charge in [0.15, 0.2) is 0 Å². The molecule has 0 aromatic rings. The Kier molecular flexibility index (Phi) is 19.0. The molecule has 0 fully saturated rings. The van der Waals surface area contributed by atoms with Crippen molar-refractivity contribution in [1.82, 2.24) is 0 Å². The third-order valence-electron chi connectivity index (χ3n) is 4.01. The molecule has 0 aromatic heterocycles. The van der Waals surface area contributed by atoms with Gasteiger partial charge in [0.1, 0.15) is 0 Å². The fraction of sp³-hybridized carbons (Fsp3) is 1.00. The van der Waals surface area contributed by atoms with E-state index in [4.69, 9.17) is 11.6 Å². The Bertz CT molecular complexity index is 186. The average Bonchev–Trinajstić information content (AvgIpc) is 2.38. The molecule has 20 heavy (non-hydrogen) atoms. The first kappa shape index (κ1) is 23.2. The monoisotopic (exact) mass is 417 g/mol. The van der Waals surface area contributed by atoms with Crippen LogP contribution in [0.2, 0.25) is 0 Å². The molecule has 1 nitrogen and oxygen atoms in total. The van der Waals surface area contributed by atoms with Crippen LogP contribution in [0, 0.1) is 0 Å². The van der Waals surface area contributed by atoms with E-state index >= 15 is 0 Å². The summed E-state index contributed by atoms with van der Waals surface area (Å²) in [7, 11) is 4.67. The maximum Gasteiger partial charge on any atom is 0.0794 e. The van der Waals surface area contributed by atoms with Crippen molar-refractivity contribution < 1.29 is 28.5 Å². The molecule has 0 saturated heterocycles. The third-order valence-corrected chi connectivity index (χ3v) is 4.28. The van der Waals surface area contributed by atoms with Crippen molar-refractivity contribution in [3.63, 3.8) is 0 Å². The molecule has 0 atom stereocenters. The van der Waals surface area contributed by atoms with E-state index in [1.807, 2.05) is 0 Å². The van der Waals surface area contributed by atoms with Crippen molar-refractivity contribution in [3.8, 4) is 0 Å². The molecule has 0 saturated carbocycles. The minimum Gasteiger partial charge on any atom is -1.00 e. The molecule has 0 aliphatic heterocycles. The molecule has 0 aliphatic carbocycles. The minimum atomic E-state index is 0. The second-order valence-electron chi connectivity index (χ2n) is 6.61. The Hall–Kier alpha value is 0.980. The maximum atomic E-state index is 5.76. The molecule has 0 aromatic carbocycles. The van der Waals surface area contributed by atoms with Gasteiger partial charge >= 0.3 is 0 Å². The number of alkyl halides is 1. The lowest BCUT2D eigenvalue weighted by Gasteiger charge is -2.29. The van der Waals surface area contributed by atoms with Crippen molar-refractivity contribution in [2.75, 3.05) is 33.1 Å². The minimum absolute atomic E-state index is 0. The van der Waals surface area contributed by atoms with E-state index < -0.39 is 0 Å². The van der Waals surface area contributed by atoms with Gasteiger partial charge in [-0.2, -0.15) is 0 Å². The summed E-state index contributed by atoms with van der Waals surface area (Å²) in [4.78, 5) is 0. The second-order valence-corrected chi connectivity index (χ2v) is 6.99. The Labute approximate surface area is 150 Å². The average molecular weight is 418 g/mol. The van der Waals surface area contributed by atoms with Crippen LogP contribution in [-0.4, -0.2) is 37.5 Å². The summed E-state index contributed by atoms with van der Waals surface area (Å²) in [6.07, 6.45) is 15.4. The van der Waals surface area contributed by atoms with E-state index in [0.29, 0.717) is 0 Å². The zero-order chi connectivity index (χ0) is 14.4. The summed E-state index contributed by atoms with van der Waals surface area (Å²) in [5.74, 6) is 0.805. The van der Waals surface area contributed by atoms with Crippen molar-refractivity contribution >= 4 is 11.6 Å². The van der Waals surface area contributed by atoms with Gasteiger partial charge in [0.05, 0.1) is 27.2 Å². The molecule has 0 unspecified atom stereocenters. The van der Waals surface area contributed by atoms with Gasteiger partial charge in [-0.3, -0.25) is 0 Å². The summed E-state index contributed by atoms with van der Waals surface area (Å²) in [5.41, 5.74) is 0. The first-order chi connectivity index (χ1) is 9.12. The van der Waals surface area contributed by atoms with E-state index in [1.165, 1.54) is 77.3 Å². The van der Waals surface area contributed by atoms with Crippen LogP contribution in [0.3, 0.4) is 0 Å². The van der Waals surface area contributed by atoms with Crippen molar-refractivity contribution in [1.29, 1.82) is 0 Å². The highest BCUT2D eigenvalue weighted by Gasteiger charge is 2.12. The van der Waals surface area contributed by atoms with Gasteiger partial charge in [-0.05, 0) is 12.8 Å². The number of hydrogen-bond acceptors (Lipinski definition) is 0. The van der Waals surface area contributed by atoms with Crippen LogP contribution in [0.5, 0.6) is 0 Å². The predicted molar refractivity (Wildman–Crippen MR) is 89.0 cm³/mol. The highest BCUT2D eigenvalue weighted by molar-refractivity contribution is 6.17. The SMILES string of the molecule is CCCCCCCCCCCC[N+](C)(C)CCCCl.[I-]. The lowest BCUT2D eigenvalue weighted by Crippen LogP contribution is -3.00. The summed E-state index contributed by atoms with van der Waals surface area (Å²) >= 11 is 5.76. The van der Waals surface area contributed by atoms with Gasteiger partial charge in [0, 0.05) is 12.3 Å². The van der Waals surface area contributed by atoms with Crippen LogP contribution >= 0.6 is 11.6 Å². The van der Waals surface area contributed by atoms with Gasteiger partial charge in [-0.25, -0.2) is 0 Å². The topological polar surface area (TPSA) is 0 Å². The van der Waals surface area contributed by atoms with E-state index in [9.17, 15) is 0 Å². The Balaban J connectivity index is 0. The molecule has 0 bridgehead atoms. The van der Waals surface area contributed by atoms with E-state index in [2.05, 4.69) is 21.0 Å². The molecular formula is C17H37ClIN. The smallest absolute Gasteiger partial charge is 0.0794 e. The first-order valence-corrected chi connectivity index (χ1v) is 9.04. The number of nitrogens with zero attached hydrogens (tertiary/aromatic N) is 1. The fourth-order valence-electron chi connectivity index (χ4n) is 2.63. The summed E-state index contributed by atoms with van der Waals surface area (Å²) < 4.78 is 1.14. The number of halogens is 2. The quantitative estimate of drug-likeness (QED) is 0.176. The van der Waals surface area contributed by atoms with Gasteiger partial charge in [0.25, 0.3) is 0 Å². The summed E-state index contributed by atoms with van der Waals surface area (Å²) in [5, 5.41) is 0. The predicted octanol–water partition coefficient (Wildman–Crippen LogP) is 2.62. The molecule has 0 aliphatic rings. The molecule has 0 heterocycles. The lowest BCUT2D eigenvalue weighted by atomic mass is 10.1. The maximum absolute atomic E-state index is 5.76. The molecule has 124 valence electrons. The molecule has 0 rings (SSSR count). The molecular weight excluding hydrogens is 381 g/mol. The zero-order valence-corrected chi connectivity index (χ0v) is 17.0. The Morgan fingerprint density at radius 3 is 1.50 bits per heavy atom. The molecule has 0 spiro atoms. The Morgan fingerprint density at radius 2 is 1.05 bits per heavy atom. The van der Waals surface area contributed by atoms with Crippen LogP contribution in [0.4, 0.5) is 0 Å². The molecule has 0 amide bonds. The van der Waals surface area contributed by atoms with Crippen LogP contribution in [0.15, 0.2) is 0 Å². The van der Waals surface area contributed by atoms with Gasteiger partial charge in [-0.15, -0.1) is 11.6 Å². The molecule has 0 radical (unpaired) electrons. The van der Waals surface area contributed by atoms with Crippen molar-refractivity contribution in [2.45, 2.75) is 77.6 Å². The zero-order valence-electron chi connectivity index (χ0n) is 14.1. The van der Waals surface area contributed by atoms with Crippen LogP contribution in [0.1, 0.15) is 77.6 Å². The van der Waals surface area contributed by atoms with Gasteiger partial charge in [0.2, 0.25) is 0 Å². The van der Waals surface area contributed by atoms with Crippen LogP contribution < -0.4 is 24.0 Å². The Morgan fingerprint density at radius 1 is 0.650 bits per heavy atom. The van der Waals surface area contributed by atoms with E-state index in [0.717, 1.165) is 16.8 Å². The van der Waals surface area contributed by atoms with Gasteiger partial charge < -0.3 is 28.5 Å². The second kappa shape index (κ2) is 16.4. The lowest BCUT2D eigenvalue weighted by molar-refractivity contribution is -0.890. The normalized spacial score (nSPS) is 11.4. The van der Waals surface area contributed by atoms with Crippen LogP contribution in [-0.2, 0) is 0 Å². The van der Waals surface area contributed by atoms with Crippen LogP contribution in [0.25, 0.3) is 0 Å². The van der Waals surface area contributed by atoms with E-state index in [1.54, 1.807) is 0 Å². The molecule has 0 N–H and O–H groups in total. The van der Waals surface area contributed by atoms with Gasteiger partial charge in [-0.1, -0.05) is 58.3 Å². The third kappa shape index (κ3) is 17.0. The number of quaternary nitrogens is 1. The number of unbranched alkanes of at least 4 members (excludes halogenated alkanes) is 9. The summed E-state index contributed by atoms with van der Waals surface area (Å²) in [6, 6.07) is 0. The summed E-state index contributed by atoms with van der Waals surface area (Å²) in [6.45, 7) is 4.82. The largest absolute Gasteiger partial charge is 1.00 e. The highest BCUT2D eigenvalue weighted by atomic mass is 127. The number of rotatable bonds is 14. The molecule has 3 heteroatoms. The first-order valence-electron chi connectivity index (χ1n) is 8.50. The number of hydrogen-bond donors (Lipinski definition) is 0. The fourth-order valence-corrected chi connectivity index (χ4v) is 2.75. The highest BCUT2D eigenvalue weighted by Crippen LogP contribution is 2.11. The van der Waals surface area contributed by atoms with Crippen molar-refractivity contribution in [2.24, 2.45) is 0 Å². The van der Waals surface area contributed by atoms with Crippen molar-refractivity contribution in [3.05, 3.63) is 0 Å². The standard InChI is InChI=1S/C17H37ClN.HI/c1-4-5-6-7-8-9-10-11-12-13-16-19(2,3)17-14-15-18;/h4-17H2,1-3H3;1H/q+1;/p-1. The van der Waals surface area contributed by atoms with E-state index in [-0.39, 0.29) is 24.0 Å².